The summed E-state index contributed by atoms with van der Waals surface area (Å²) in [6.45, 7) is 5.19. The molecule has 0 aromatic carbocycles. The number of aromatic nitrogens is 1. The lowest BCUT2D eigenvalue weighted by molar-refractivity contribution is -0.118. The Labute approximate surface area is 120 Å². The number of rotatable bonds is 3. The minimum absolute atomic E-state index is 0.232. The third kappa shape index (κ3) is 2.51. The fourth-order valence-electron chi connectivity index (χ4n) is 3.46. The lowest BCUT2D eigenvalue weighted by atomic mass is 10.0. The summed E-state index contributed by atoms with van der Waals surface area (Å²) in [5, 5.41) is 0. The fraction of sp³-hybridized carbons (Fsp3) is 0.625. The molecule has 20 heavy (non-hydrogen) atoms. The van der Waals surface area contributed by atoms with Crippen molar-refractivity contribution in [2.75, 3.05) is 24.5 Å². The molecule has 108 valence electrons. The van der Waals surface area contributed by atoms with Gasteiger partial charge in [0.25, 0.3) is 0 Å². The topological polar surface area (TPSA) is 36.4 Å². The molecule has 3 rings (SSSR count). The molecule has 1 amide bonds. The summed E-state index contributed by atoms with van der Waals surface area (Å²) in [7, 11) is 0. The first-order valence-electron chi connectivity index (χ1n) is 7.73. The molecular formula is C16H23N3O. The molecule has 2 saturated heterocycles. The van der Waals surface area contributed by atoms with E-state index in [2.05, 4.69) is 24.0 Å². The van der Waals surface area contributed by atoms with E-state index in [0.29, 0.717) is 0 Å². The van der Waals surface area contributed by atoms with Crippen LogP contribution in [0.15, 0.2) is 12.1 Å². The van der Waals surface area contributed by atoms with Crippen LogP contribution in [0.3, 0.4) is 0 Å². The Hall–Kier alpha value is -1.58. The number of carbonyl (C=O) groups excluding carboxylic acids is 1. The molecule has 3 heterocycles. The van der Waals surface area contributed by atoms with Crippen molar-refractivity contribution in [3.05, 3.63) is 23.4 Å². The monoisotopic (exact) mass is 273 g/mol. The third-order valence-corrected chi connectivity index (χ3v) is 4.58. The van der Waals surface area contributed by atoms with Gasteiger partial charge in [0.05, 0.1) is 6.04 Å². The highest BCUT2D eigenvalue weighted by Crippen LogP contribution is 2.33. The highest BCUT2D eigenvalue weighted by molar-refractivity contribution is 5.51. The Balaban J connectivity index is 1.81. The lowest BCUT2D eigenvalue weighted by Crippen LogP contribution is -2.30. The van der Waals surface area contributed by atoms with E-state index in [1.165, 1.54) is 24.8 Å². The van der Waals surface area contributed by atoms with Crippen molar-refractivity contribution in [2.24, 2.45) is 0 Å². The molecule has 1 aromatic heterocycles. The highest BCUT2D eigenvalue weighted by atomic mass is 16.1. The molecular weight excluding hydrogens is 250 g/mol. The Bertz CT molecular complexity index is 483. The molecule has 0 radical (unpaired) electrons. The van der Waals surface area contributed by atoms with Crippen LogP contribution in [0, 0.1) is 6.92 Å². The Morgan fingerprint density at radius 3 is 2.65 bits per heavy atom. The number of piperidine rings is 1. The normalized spacial score (nSPS) is 23.1. The second kappa shape index (κ2) is 5.81. The van der Waals surface area contributed by atoms with E-state index in [9.17, 15) is 4.79 Å². The number of amides is 1. The van der Waals surface area contributed by atoms with Crippen LogP contribution in [0.1, 0.15) is 49.4 Å². The first-order chi connectivity index (χ1) is 9.79. The van der Waals surface area contributed by atoms with Gasteiger partial charge in [-0.2, -0.15) is 0 Å². The maximum Gasteiger partial charge on any atom is 0.210 e. The molecule has 2 aliphatic rings. The molecule has 0 aliphatic carbocycles. The van der Waals surface area contributed by atoms with E-state index in [0.717, 1.165) is 50.4 Å². The summed E-state index contributed by atoms with van der Waals surface area (Å²) in [4.78, 5) is 20.2. The van der Waals surface area contributed by atoms with Gasteiger partial charge in [0, 0.05) is 25.3 Å². The van der Waals surface area contributed by atoms with Crippen molar-refractivity contribution in [3.63, 3.8) is 0 Å². The van der Waals surface area contributed by atoms with Crippen LogP contribution in [-0.2, 0) is 4.79 Å². The molecule has 0 unspecified atom stereocenters. The first-order valence-corrected chi connectivity index (χ1v) is 7.73. The van der Waals surface area contributed by atoms with Gasteiger partial charge in [-0.15, -0.1) is 0 Å². The van der Waals surface area contributed by atoms with Crippen LogP contribution in [0.25, 0.3) is 0 Å². The standard InChI is InChI=1S/C16H23N3O/c1-13-14(15-6-5-11-19(15)12-20)7-8-16(17-13)18-9-3-2-4-10-18/h7-8,12,15H,2-6,9-11H2,1H3/t15-/m0/s1. The van der Waals surface area contributed by atoms with Crippen molar-refractivity contribution in [3.8, 4) is 0 Å². The summed E-state index contributed by atoms with van der Waals surface area (Å²) in [5.74, 6) is 1.10. The number of hydrogen-bond acceptors (Lipinski definition) is 3. The van der Waals surface area contributed by atoms with E-state index in [1.54, 1.807) is 0 Å². The average molecular weight is 273 g/mol. The van der Waals surface area contributed by atoms with Gasteiger partial charge < -0.3 is 9.80 Å². The summed E-state index contributed by atoms with van der Waals surface area (Å²) < 4.78 is 0. The number of anilines is 1. The molecule has 0 N–H and O–H groups in total. The fourth-order valence-corrected chi connectivity index (χ4v) is 3.46. The van der Waals surface area contributed by atoms with Gasteiger partial charge in [-0.25, -0.2) is 4.98 Å². The molecule has 4 heteroatoms. The van der Waals surface area contributed by atoms with Gasteiger partial charge in [-0.05, 0) is 50.7 Å². The van der Waals surface area contributed by atoms with E-state index < -0.39 is 0 Å². The second-order valence-corrected chi connectivity index (χ2v) is 5.89. The van der Waals surface area contributed by atoms with Gasteiger partial charge in [0.2, 0.25) is 6.41 Å². The van der Waals surface area contributed by atoms with Crippen LogP contribution in [-0.4, -0.2) is 35.9 Å². The molecule has 0 saturated carbocycles. The Morgan fingerprint density at radius 2 is 1.95 bits per heavy atom. The summed E-state index contributed by atoms with van der Waals surface area (Å²) in [5.41, 5.74) is 2.29. The Kier molecular flexibility index (Phi) is 3.90. The van der Waals surface area contributed by atoms with Crippen LogP contribution < -0.4 is 4.90 Å². The van der Waals surface area contributed by atoms with Crippen LogP contribution in [0.4, 0.5) is 5.82 Å². The molecule has 2 fully saturated rings. The van der Waals surface area contributed by atoms with E-state index >= 15 is 0 Å². The maximum atomic E-state index is 11.1. The number of aryl methyl sites for hydroxylation is 1. The van der Waals surface area contributed by atoms with Crippen molar-refractivity contribution in [2.45, 2.75) is 45.1 Å². The zero-order valence-corrected chi connectivity index (χ0v) is 12.2. The van der Waals surface area contributed by atoms with Gasteiger partial charge in [-0.3, -0.25) is 4.79 Å². The van der Waals surface area contributed by atoms with E-state index in [-0.39, 0.29) is 6.04 Å². The SMILES string of the molecule is Cc1nc(N2CCCCC2)ccc1[C@@H]1CCCN1C=O. The molecule has 2 aliphatic heterocycles. The average Bonchev–Trinajstić information content (AvgIpc) is 2.96. The molecule has 1 atom stereocenters. The lowest BCUT2D eigenvalue weighted by Gasteiger charge is -2.29. The van der Waals surface area contributed by atoms with Gasteiger partial charge in [0.1, 0.15) is 5.82 Å². The molecule has 0 bridgehead atoms. The van der Waals surface area contributed by atoms with Crippen molar-refractivity contribution in [1.82, 2.24) is 9.88 Å². The zero-order chi connectivity index (χ0) is 13.9. The molecule has 4 nitrogen and oxygen atoms in total. The number of pyridine rings is 1. The van der Waals surface area contributed by atoms with Crippen molar-refractivity contribution >= 4 is 12.2 Å². The quantitative estimate of drug-likeness (QED) is 0.794. The van der Waals surface area contributed by atoms with Crippen LogP contribution in [0.2, 0.25) is 0 Å². The number of carbonyl (C=O) groups is 1. The predicted molar refractivity (Wildman–Crippen MR) is 79.8 cm³/mol. The minimum atomic E-state index is 0.232. The summed E-state index contributed by atoms with van der Waals surface area (Å²) in [6, 6.07) is 4.55. The Morgan fingerprint density at radius 1 is 1.15 bits per heavy atom. The smallest absolute Gasteiger partial charge is 0.210 e. The summed E-state index contributed by atoms with van der Waals surface area (Å²) >= 11 is 0. The summed E-state index contributed by atoms with van der Waals surface area (Å²) in [6.07, 6.45) is 7.01. The zero-order valence-electron chi connectivity index (χ0n) is 12.2. The molecule has 1 aromatic rings. The van der Waals surface area contributed by atoms with Gasteiger partial charge in [0.15, 0.2) is 0 Å². The number of nitrogens with zero attached hydrogens (tertiary/aromatic N) is 3. The van der Waals surface area contributed by atoms with E-state index in [1.807, 2.05) is 4.90 Å². The first kappa shape index (κ1) is 13.4. The molecule has 0 spiro atoms. The van der Waals surface area contributed by atoms with Crippen LogP contribution in [0.5, 0.6) is 0 Å². The number of hydrogen-bond donors (Lipinski definition) is 0. The van der Waals surface area contributed by atoms with Crippen molar-refractivity contribution < 1.29 is 4.79 Å². The second-order valence-electron chi connectivity index (χ2n) is 5.89. The van der Waals surface area contributed by atoms with Crippen molar-refractivity contribution in [1.29, 1.82) is 0 Å². The number of likely N-dealkylation sites (tertiary alicyclic amines) is 1. The largest absolute Gasteiger partial charge is 0.357 e. The van der Waals surface area contributed by atoms with E-state index in [4.69, 9.17) is 4.98 Å². The predicted octanol–water partition coefficient (Wildman–Crippen LogP) is 2.67. The highest BCUT2D eigenvalue weighted by Gasteiger charge is 2.26. The van der Waals surface area contributed by atoms with Gasteiger partial charge in [-0.1, -0.05) is 6.07 Å². The van der Waals surface area contributed by atoms with Gasteiger partial charge >= 0.3 is 0 Å². The minimum Gasteiger partial charge on any atom is -0.357 e. The maximum absolute atomic E-state index is 11.1. The third-order valence-electron chi connectivity index (χ3n) is 4.58. The van der Waals surface area contributed by atoms with Crippen LogP contribution >= 0.6 is 0 Å².